The van der Waals surface area contributed by atoms with Crippen molar-refractivity contribution in [2.75, 3.05) is 23.3 Å². The summed E-state index contributed by atoms with van der Waals surface area (Å²) >= 11 is 3.29. The van der Waals surface area contributed by atoms with E-state index in [-0.39, 0.29) is 11.9 Å². The van der Waals surface area contributed by atoms with Crippen LogP contribution in [0.5, 0.6) is 0 Å². The Kier molecular flexibility index (Phi) is 6.04. The first-order valence-electron chi connectivity index (χ1n) is 6.34. The van der Waals surface area contributed by atoms with Gasteiger partial charge in [0.2, 0.25) is 0 Å². The lowest BCUT2D eigenvalue weighted by molar-refractivity contribution is -0.120. The molecule has 20 heavy (non-hydrogen) atoms. The van der Waals surface area contributed by atoms with E-state index in [2.05, 4.69) is 31.2 Å². The highest BCUT2D eigenvalue weighted by molar-refractivity contribution is 9.10. The summed E-state index contributed by atoms with van der Waals surface area (Å²) in [6, 6.07) is -0.332. The van der Waals surface area contributed by atoms with Crippen molar-refractivity contribution in [3.05, 3.63) is 10.8 Å². The molecule has 0 unspecified atom stereocenters. The third-order valence-corrected chi connectivity index (χ3v) is 3.29. The second-order valence-electron chi connectivity index (χ2n) is 4.62. The molecule has 0 radical (unpaired) electrons. The van der Waals surface area contributed by atoms with Gasteiger partial charge < -0.3 is 10.2 Å². The van der Waals surface area contributed by atoms with Gasteiger partial charge in [-0.15, -0.1) is 0 Å². The number of nitrogens with one attached hydrogen (secondary N) is 1. The molecule has 0 amide bonds. The Labute approximate surface area is 124 Å². The minimum Gasteiger partial charge on any atom is -0.369 e. The largest absolute Gasteiger partial charge is 0.405 e. The second-order valence-corrected chi connectivity index (χ2v) is 5.42. The summed E-state index contributed by atoms with van der Waals surface area (Å²) in [4.78, 5) is 9.22. The summed E-state index contributed by atoms with van der Waals surface area (Å²) in [7, 11) is 0. The maximum absolute atomic E-state index is 12.7. The Morgan fingerprint density at radius 2 is 2.00 bits per heavy atom. The highest BCUT2D eigenvalue weighted by Crippen LogP contribution is 2.32. The molecule has 0 aliphatic rings. The number of nitrogens with zero attached hydrogens (tertiary/aromatic N) is 3. The molecule has 1 N–H and O–H groups in total. The second kappa shape index (κ2) is 7.10. The van der Waals surface area contributed by atoms with Gasteiger partial charge in [0.25, 0.3) is 0 Å². The number of alkyl halides is 3. The van der Waals surface area contributed by atoms with Crippen LogP contribution in [-0.2, 0) is 0 Å². The quantitative estimate of drug-likeness (QED) is 0.842. The molecular formula is C12H18BrF3N4. The average Bonchev–Trinajstić information content (AvgIpc) is 2.34. The van der Waals surface area contributed by atoms with E-state index in [4.69, 9.17) is 0 Å². The fourth-order valence-electron chi connectivity index (χ4n) is 1.62. The van der Waals surface area contributed by atoms with Crippen LogP contribution in [0.1, 0.15) is 27.2 Å². The van der Waals surface area contributed by atoms with Crippen molar-refractivity contribution in [3.8, 4) is 0 Å². The van der Waals surface area contributed by atoms with E-state index in [1.807, 2.05) is 6.92 Å². The van der Waals surface area contributed by atoms with E-state index in [1.54, 1.807) is 13.8 Å². The standard InChI is InChI=1S/C12H18BrF3N4/c1-4-5-17-10-9(13)11(19-7-18-10)20(8(2)3)6-12(14,15)16/h7-8H,4-6H2,1-3H3,(H,17,18,19). The van der Waals surface area contributed by atoms with Gasteiger partial charge in [0.15, 0.2) is 0 Å². The average molecular weight is 355 g/mol. The van der Waals surface area contributed by atoms with Crippen LogP contribution >= 0.6 is 15.9 Å². The lowest BCUT2D eigenvalue weighted by Gasteiger charge is -2.29. The molecule has 8 heteroatoms. The molecule has 1 heterocycles. The maximum atomic E-state index is 12.7. The number of aromatic nitrogens is 2. The molecule has 1 aromatic heterocycles. The van der Waals surface area contributed by atoms with Gasteiger partial charge in [-0.3, -0.25) is 0 Å². The summed E-state index contributed by atoms with van der Waals surface area (Å²) in [6.07, 6.45) is -2.13. The van der Waals surface area contributed by atoms with E-state index in [0.29, 0.717) is 16.8 Å². The van der Waals surface area contributed by atoms with Crippen LogP contribution in [-0.4, -0.2) is 35.3 Å². The summed E-state index contributed by atoms with van der Waals surface area (Å²) in [5.74, 6) is 0.746. The van der Waals surface area contributed by atoms with Crippen molar-refractivity contribution in [3.63, 3.8) is 0 Å². The predicted molar refractivity (Wildman–Crippen MR) is 77.0 cm³/mol. The lowest BCUT2D eigenvalue weighted by atomic mass is 10.3. The van der Waals surface area contributed by atoms with Crippen molar-refractivity contribution in [2.45, 2.75) is 39.4 Å². The normalized spacial score (nSPS) is 11.8. The molecule has 0 saturated carbocycles. The number of halogens is 4. The van der Waals surface area contributed by atoms with Crippen LogP contribution in [0.25, 0.3) is 0 Å². The van der Waals surface area contributed by atoms with Crippen molar-refractivity contribution < 1.29 is 13.2 Å². The molecule has 0 aliphatic heterocycles. The minimum absolute atomic E-state index is 0.242. The fraction of sp³-hybridized carbons (Fsp3) is 0.667. The molecule has 0 atom stereocenters. The lowest BCUT2D eigenvalue weighted by Crippen LogP contribution is -2.40. The van der Waals surface area contributed by atoms with Gasteiger partial charge in [-0.2, -0.15) is 13.2 Å². The van der Waals surface area contributed by atoms with Crippen molar-refractivity contribution >= 4 is 27.6 Å². The van der Waals surface area contributed by atoms with E-state index < -0.39 is 12.7 Å². The summed E-state index contributed by atoms with van der Waals surface area (Å²) < 4.78 is 38.5. The first-order chi connectivity index (χ1) is 9.26. The Morgan fingerprint density at radius 1 is 1.35 bits per heavy atom. The van der Waals surface area contributed by atoms with Gasteiger partial charge in [0.1, 0.15) is 29.0 Å². The topological polar surface area (TPSA) is 41.1 Å². The van der Waals surface area contributed by atoms with Crippen LogP contribution in [0.15, 0.2) is 10.8 Å². The molecule has 0 aliphatic carbocycles. The minimum atomic E-state index is -4.29. The third kappa shape index (κ3) is 4.81. The summed E-state index contributed by atoms with van der Waals surface area (Å²) in [5, 5.41) is 3.05. The SMILES string of the molecule is CCCNc1ncnc(N(CC(F)(F)F)C(C)C)c1Br. The number of hydrogen-bond donors (Lipinski definition) is 1. The van der Waals surface area contributed by atoms with Crippen LogP contribution < -0.4 is 10.2 Å². The molecule has 0 spiro atoms. The Balaban J connectivity index is 3.07. The molecule has 114 valence electrons. The Morgan fingerprint density at radius 3 is 2.50 bits per heavy atom. The zero-order valence-electron chi connectivity index (χ0n) is 11.6. The molecule has 0 aromatic carbocycles. The molecule has 0 saturated heterocycles. The fourth-order valence-corrected chi connectivity index (χ4v) is 2.20. The predicted octanol–water partition coefficient (Wildman–Crippen LogP) is 3.84. The number of anilines is 2. The van der Waals surface area contributed by atoms with Gasteiger partial charge in [-0.1, -0.05) is 6.92 Å². The monoisotopic (exact) mass is 354 g/mol. The van der Waals surface area contributed by atoms with Crippen LogP contribution in [0.3, 0.4) is 0 Å². The zero-order chi connectivity index (χ0) is 15.3. The number of rotatable bonds is 6. The van der Waals surface area contributed by atoms with Crippen LogP contribution in [0.4, 0.5) is 24.8 Å². The van der Waals surface area contributed by atoms with Gasteiger partial charge in [0, 0.05) is 12.6 Å². The molecular weight excluding hydrogens is 337 g/mol. The van der Waals surface area contributed by atoms with Crippen molar-refractivity contribution in [1.82, 2.24) is 9.97 Å². The van der Waals surface area contributed by atoms with Gasteiger partial charge in [0.05, 0.1) is 0 Å². The van der Waals surface area contributed by atoms with Crippen molar-refractivity contribution in [2.24, 2.45) is 0 Å². The third-order valence-electron chi connectivity index (χ3n) is 2.56. The first-order valence-corrected chi connectivity index (χ1v) is 7.13. The van der Waals surface area contributed by atoms with E-state index in [9.17, 15) is 13.2 Å². The van der Waals surface area contributed by atoms with Crippen LogP contribution in [0, 0.1) is 0 Å². The van der Waals surface area contributed by atoms with Crippen molar-refractivity contribution in [1.29, 1.82) is 0 Å². The highest BCUT2D eigenvalue weighted by atomic mass is 79.9. The van der Waals surface area contributed by atoms with E-state index >= 15 is 0 Å². The van der Waals surface area contributed by atoms with Gasteiger partial charge in [-0.25, -0.2) is 9.97 Å². The smallest absolute Gasteiger partial charge is 0.369 e. The molecule has 0 bridgehead atoms. The maximum Gasteiger partial charge on any atom is 0.405 e. The Bertz CT molecular complexity index is 437. The van der Waals surface area contributed by atoms with Gasteiger partial charge in [-0.05, 0) is 36.2 Å². The molecule has 1 aromatic rings. The van der Waals surface area contributed by atoms with E-state index in [1.165, 1.54) is 11.2 Å². The van der Waals surface area contributed by atoms with E-state index in [0.717, 1.165) is 6.42 Å². The van der Waals surface area contributed by atoms with Crippen LogP contribution in [0.2, 0.25) is 0 Å². The first kappa shape index (κ1) is 17.0. The molecule has 4 nitrogen and oxygen atoms in total. The highest BCUT2D eigenvalue weighted by Gasteiger charge is 2.33. The number of hydrogen-bond acceptors (Lipinski definition) is 4. The molecule has 1 rings (SSSR count). The van der Waals surface area contributed by atoms with Gasteiger partial charge >= 0.3 is 6.18 Å². The Hall–Kier alpha value is -1.05. The molecule has 0 fully saturated rings. The zero-order valence-corrected chi connectivity index (χ0v) is 13.2. The summed E-state index contributed by atoms with van der Waals surface area (Å²) in [6.45, 7) is 5.02. The summed E-state index contributed by atoms with van der Waals surface area (Å²) in [5.41, 5.74) is 0.